The number of thioether (sulfide) groups is 1. The molecular weight excluding hydrogens is 332 g/mol. The van der Waals surface area contributed by atoms with E-state index in [1.54, 1.807) is 6.21 Å². The molecule has 1 aromatic heterocycles. The number of nitrogens with zero attached hydrogens (tertiary/aromatic N) is 3. The molecule has 0 unspecified atom stereocenters. The number of hydrogen-bond acceptors (Lipinski definition) is 4. The van der Waals surface area contributed by atoms with E-state index >= 15 is 0 Å². The van der Waals surface area contributed by atoms with Crippen LogP contribution in [0.2, 0.25) is 0 Å². The molecule has 2 heterocycles. The summed E-state index contributed by atoms with van der Waals surface area (Å²) in [5.41, 5.74) is 3.44. The Morgan fingerprint density at radius 2 is 2.04 bits per heavy atom. The number of benzene rings is 2. The summed E-state index contributed by atoms with van der Waals surface area (Å²) in [6.07, 6.45) is 3.80. The lowest BCUT2D eigenvalue weighted by Gasteiger charge is -2.05. The van der Waals surface area contributed by atoms with Gasteiger partial charge >= 0.3 is 0 Å². The summed E-state index contributed by atoms with van der Waals surface area (Å²) in [6, 6.07) is 18.7. The first-order valence-electron chi connectivity index (χ1n) is 7.94. The molecule has 0 saturated carbocycles. The van der Waals surface area contributed by atoms with E-state index in [2.05, 4.69) is 68.7 Å². The zero-order valence-corrected chi connectivity index (χ0v) is 14.2. The Bertz CT molecular complexity index is 976. The Labute approximate surface area is 149 Å². The van der Waals surface area contributed by atoms with E-state index in [9.17, 15) is 4.79 Å². The van der Waals surface area contributed by atoms with Crippen molar-refractivity contribution in [3.05, 3.63) is 71.9 Å². The van der Waals surface area contributed by atoms with Crippen LogP contribution in [0.1, 0.15) is 11.1 Å². The van der Waals surface area contributed by atoms with Crippen molar-refractivity contribution >= 4 is 40.0 Å². The summed E-state index contributed by atoms with van der Waals surface area (Å²) in [4.78, 5) is 11.1. The van der Waals surface area contributed by atoms with E-state index in [4.69, 9.17) is 0 Å². The van der Waals surface area contributed by atoms with Crippen LogP contribution in [0.4, 0.5) is 0 Å². The second-order valence-corrected chi connectivity index (χ2v) is 6.70. The van der Waals surface area contributed by atoms with Crippen LogP contribution in [0.15, 0.2) is 71.0 Å². The minimum atomic E-state index is -0.0277. The first-order chi connectivity index (χ1) is 12.3. The minimum Gasteiger partial charge on any atom is -0.343 e. The fourth-order valence-corrected chi connectivity index (χ4v) is 3.37. The smallest absolute Gasteiger partial charge is 0.236 e. The van der Waals surface area contributed by atoms with Crippen LogP contribution in [0.5, 0.6) is 0 Å². The average molecular weight is 348 g/mol. The first kappa shape index (κ1) is 15.7. The lowest BCUT2D eigenvalue weighted by atomic mass is 10.1. The number of rotatable bonds is 4. The molecular formula is C19H16N4OS. The van der Waals surface area contributed by atoms with Crippen molar-refractivity contribution in [1.82, 2.24) is 9.88 Å². The molecule has 124 valence electrons. The quantitative estimate of drug-likeness (QED) is 0.581. The Morgan fingerprint density at radius 1 is 1.16 bits per heavy atom. The molecule has 5 nitrogen and oxygen atoms in total. The third kappa shape index (κ3) is 3.64. The van der Waals surface area contributed by atoms with Gasteiger partial charge in [-0.1, -0.05) is 48.2 Å². The van der Waals surface area contributed by atoms with E-state index in [0.717, 1.165) is 17.5 Å². The molecule has 0 bridgehead atoms. The molecule has 6 heteroatoms. The maximum Gasteiger partial charge on any atom is 0.236 e. The maximum absolute atomic E-state index is 11.1. The second kappa shape index (κ2) is 6.94. The molecule has 1 amide bonds. The normalized spacial score (nSPS) is 16.2. The zero-order chi connectivity index (χ0) is 17.1. The molecule has 1 N–H and O–H groups in total. The zero-order valence-electron chi connectivity index (χ0n) is 13.4. The number of fused-ring (bicyclic) bond motifs is 1. The summed E-state index contributed by atoms with van der Waals surface area (Å²) in [7, 11) is 0. The van der Waals surface area contributed by atoms with Gasteiger partial charge in [0, 0.05) is 23.6 Å². The Kier molecular flexibility index (Phi) is 4.35. The van der Waals surface area contributed by atoms with E-state index in [1.807, 2.05) is 12.1 Å². The van der Waals surface area contributed by atoms with Gasteiger partial charge < -0.3 is 9.88 Å². The Balaban J connectivity index is 1.52. The molecule has 1 aliphatic heterocycles. The standard InChI is InChI=1S/C19H16N4OS/c24-18-13-25-19(21-18)22-20-11-15-6-7-17-16(10-15)8-9-23(17)12-14-4-2-1-3-5-14/h1-11H,12-13H2,(H,21,22,24). The van der Waals surface area contributed by atoms with E-state index in [0.29, 0.717) is 10.9 Å². The molecule has 4 rings (SSSR count). The molecule has 0 atom stereocenters. The van der Waals surface area contributed by atoms with Gasteiger partial charge in [0.05, 0.1) is 12.0 Å². The van der Waals surface area contributed by atoms with E-state index < -0.39 is 0 Å². The summed E-state index contributed by atoms with van der Waals surface area (Å²) in [6.45, 7) is 0.850. The van der Waals surface area contributed by atoms with Gasteiger partial charge in [0.2, 0.25) is 5.91 Å². The minimum absolute atomic E-state index is 0.0277. The molecule has 1 aliphatic rings. The van der Waals surface area contributed by atoms with Crippen LogP contribution < -0.4 is 5.32 Å². The van der Waals surface area contributed by atoms with Crippen LogP contribution in [0.3, 0.4) is 0 Å². The van der Waals surface area contributed by atoms with Crippen molar-refractivity contribution in [1.29, 1.82) is 0 Å². The van der Waals surface area contributed by atoms with Crippen LogP contribution in [-0.4, -0.2) is 27.6 Å². The van der Waals surface area contributed by atoms with Gasteiger partial charge in [0.15, 0.2) is 5.17 Å². The van der Waals surface area contributed by atoms with Crippen molar-refractivity contribution in [2.45, 2.75) is 6.54 Å². The SMILES string of the molecule is O=C1CSC(=NN=Cc2ccc3c(ccn3Cc3ccccc3)c2)N1. The predicted molar refractivity (Wildman–Crippen MR) is 103 cm³/mol. The van der Waals surface area contributed by atoms with Crippen molar-refractivity contribution in [2.75, 3.05) is 5.75 Å². The summed E-state index contributed by atoms with van der Waals surface area (Å²) in [5.74, 6) is 0.384. The topological polar surface area (TPSA) is 58.8 Å². The molecule has 0 spiro atoms. The predicted octanol–water partition coefficient (Wildman–Crippen LogP) is 3.24. The van der Waals surface area contributed by atoms with Crippen molar-refractivity contribution in [2.24, 2.45) is 10.2 Å². The number of nitrogens with one attached hydrogen (secondary N) is 1. The fraction of sp³-hybridized carbons (Fsp3) is 0.105. The number of amides is 1. The third-order valence-corrected chi connectivity index (χ3v) is 4.80. The van der Waals surface area contributed by atoms with Gasteiger partial charge in [-0.15, -0.1) is 5.10 Å². The summed E-state index contributed by atoms with van der Waals surface area (Å²) < 4.78 is 2.23. The monoisotopic (exact) mass is 348 g/mol. The van der Waals surface area contributed by atoms with Gasteiger partial charge in [-0.25, -0.2) is 0 Å². The molecule has 25 heavy (non-hydrogen) atoms. The number of carbonyl (C=O) groups is 1. The lowest BCUT2D eigenvalue weighted by Crippen LogP contribution is -2.19. The maximum atomic E-state index is 11.1. The second-order valence-electron chi connectivity index (χ2n) is 5.73. The highest BCUT2D eigenvalue weighted by molar-refractivity contribution is 8.15. The molecule has 0 radical (unpaired) electrons. The highest BCUT2D eigenvalue weighted by Crippen LogP contribution is 2.18. The largest absolute Gasteiger partial charge is 0.343 e. The summed E-state index contributed by atoms with van der Waals surface area (Å²) >= 11 is 1.36. The van der Waals surface area contributed by atoms with Gasteiger partial charge in [-0.05, 0) is 29.3 Å². The highest BCUT2D eigenvalue weighted by Gasteiger charge is 2.15. The van der Waals surface area contributed by atoms with Crippen LogP contribution in [0.25, 0.3) is 10.9 Å². The number of aromatic nitrogens is 1. The van der Waals surface area contributed by atoms with E-state index in [-0.39, 0.29) is 5.91 Å². The number of amidine groups is 1. The molecule has 2 aromatic carbocycles. The van der Waals surface area contributed by atoms with Gasteiger partial charge in [-0.3, -0.25) is 4.79 Å². The Morgan fingerprint density at radius 3 is 2.84 bits per heavy atom. The number of carbonyl (C=O) groups excluding carboxylic acids is 1. The van der Waals surface area contributed by atoms with E-state index in [1.165, 1.54) is 22.8 Å². The third-order valence-electron chi connectivity index (χ3n) is 3.93. The van der Waals surface area contributed by atoms with Crippen LogP contribution in [-0.2, 0) is 11.3 Å². The van der Waals surface area contributed by atoms with Crippen molar-refractivity contribution < 1.29 is 4.79 Å². The lowest BCUT2D eigenvalue weighted by molar-refractivity contribution is -0.116. The van der Waals surface area contributed by atoms with Gasteiger partial charge in [-0.2, -0.15) is 5.10 Å². The molecule has 1 fully saturated rings. The molecule has 0 aliphatic carbocycles. The van der Waals surface area contributed by atoms with Crippen molar-refractivity contribution in [3.63, 3.8) is 0 Å². The molecule has 1 saturated heterocycles. The average Bonchev–Trinajstić information content (AvgIpc) is 3.22. The number of hydrogen-bond donors (Lipinski definition) is 1. The van der Waals surface area contributed by atoms with Crippen LogP contribution in [0, 0.1) is 0 Å². The van der Waals surface area contributed by atoms with Crippen molar-refractivity contribution in [3.8, 4) is 0 Å². The van der Waals surface area contributed by atoms with Gasteiger partial charge in [0.25, 0.3) is 0 Å². The first-order valence-corrected chi connectivity index (χ1v) is 8.93. The van der Waals surface area contributed by atoms with Gasteiger partial charge in [0.1, 0.15) is 0 Å². The highest BCUT2D eigenvalue weighted by atomic mass is 32.2. The fourth-order valence-electron chi connectivity index (χ4n) is 2.74. The molecule has 3 aromatic rings. The van der Waals surface area contributed by atoms with Crippen LogP contribution >= 0.6 is 11.8 Å². The Hall–Kier alpha value is -2.86. The summed E-state index contributed by atoms with van der Waals surface area (Å²) in [5, 5.41) is 12.5.